The fourth-order valence-electron chi connectivity index (χ4n) is 2.56. The Morgan fingerprint density at radius 2 is 2.17 bits per heavy atom. The van der Waals surface area contributed by atoms with Crippen LogP contribution in [0.2, 0.25) is 0 Å². The molecule has 1 fully saturated rings. The summed E-state index contributed by atoms with van der Waals surface area (Å²) in [6.07, 6.45) is 7.63. The molecule has 1 amide bonds. The summed E-state index contributed by atoms with van der Waals surface area (Å²) in [5.74, 6) is 0.892. The van der Waals surface area contributed by atoms with Gasteiger partial charge in [0.05, 0.1) is 0 Å². The van der Waals surface area contributed by atoms with Gasteiger partial charge >= 0.3 is 0 Å². The van der Waals surface area contributed by atoms with Crippen LogP contribution in [0.25, 0.3) is 0 Å². The molecule has 2 unspecified atom stereocenters. The first-order chi connectivity index (χ1) is 8.17. The van der Waals surface area contributed by atoms with Gasteiger partial charge in [-0.15, -0.1) is 12.4 Å². The van der Waals surface area contributed by atoms with Gasteiger partial charge in [0, 0.05) is 25.6 Å². The zero-order valence-electron chi connectivity index (χ0n) is 11.9. The fraction of sp³-hybridized carbons (Fsp3) is 0.929. The quantitative estimate of drug-likeness (QED) is 0.811. The van der Waals surface area contributed by atoms with Crippen LogP contribution < -0.4 is 5.73 Å². The van der Waals surface area contributed by atoms with Crippen LogP contribution in [-0.4, -0.2) is 29.9 Å². The Kier molecular flexibility index (Phi) is 9.47. The number of rotatable bonds is 6. The van der Waals surface area contributed by atoms with Gasteiger partial charge in [0.15, 0.2) is 0 Å². The molecule has 0 bridgehead atoms. The lowest BCUT2D eigenvalue weighted by Crippen LogP contribution is -2.46. The Bertz CT molecular complexity index is 236. The molecular weight excluding hydrogens is 248 g/mol. The molecule has 4 heteroatoms. The van der Waals surface area contributed by atoms with E-state index in [0.29, 0.717) is 11.8 Å². The number of unbranched alkanes of at least 4 members (excludes halogenated alkanes) is 1. The van der Waals surface area contributed by atoms with Crippen LogP contribution in [0.4, 0.5) is 0 Å². The topological polar surface area (TPSA) is 46.3 Å². The third-order valence-corrected chi connectivity index (χ3v) is 3.82. The smallest absolute Gasteiger partial charge is 0.222 e. The predicted molar refractivity (Wildman–Crippen MR) is 79.0 cm³/mol. The van der Waals surface area contributed by atoms with Crippen molar-refractivity contribution in [3.63, 3.8) is 0 Å². The summed E-state index contributed by atoms with van der Waals surface area (Å²) in [5, 5.41) is 0. The molecular formula is C14H29ClN2O. The van der Waals surface area contributed by atoms with Crippen LogP contribution in [0.3, 0.4) is 0 Å². The van der Waals surface area contributed by atoms with E-state index in [1.807, 2.05) is 4.90 Å². The second-order valence-electron chi connectivity index (χ2n) is 5.36. The number of likely N-dealkylation sites (tertiary alicyclic amines) is 1. The molecule has 0 aromatic heterocycles. The largest absolute Gasteiger partial charge is 0.341 e. The highest BCUT2D eigenvalue weighted by atomic mass is 35.5. The summed E-state index contributed by atoms with van der Waals surface area (Å²) in [6, 6.07) is 0.198. The summed E-state index contributed by atoms with van der Waals surface area (Å²) in [4.78, 5) is 14.1. The molecule has 18 heavy (non-hydrogen) atoms. The number of halogens is 1. The highest BCUT2D eigenvalue weighted by molar-refractivity contribution is 5.85. The molecule has 1 aliphatic heterocycles. The second kappa shape index (κ2) is 9.62. The molecule has 0 spiro atoms. The molecule has 1 saturated heterocycles. The van der Waals surface area contributed by atoms with Gasteiger partial charge in [-0.05, 0) is 25.2 Å². The summed E-state index contributed by atoms with van der Waals surface area (Å²) < 4.78 is 0. The van der Waals surface area contributed by atoms with E-state index in [0.717, 1.165) is 38.8 Å². The van der Waals surface area contributed by atoms with Crippen molar-refractivity contribution in [2.45, 2.75) is 64.8 Å². The van der Waals surface area contributed by atoms with Crippen molar-refractivity contribution >= 4 is 18.3 Å². The van der Waals surface area contributed by atoms with Crippen molar-refractivity contribution in [1.29, 1.82) is 0 Å². The number of nitrogens with two attached hydrogens (primary N) is 1. The summed E-state index contributed by atoms with van der Waals surface area (Å²) in [6.45, 7) is 6.08. The Balaban J connectivity index is 0.00000289. The van der Waals surface area contributed by atoms with E-state index in [-0.39, 0.29) is 18.4 Å². The fourth-order valence-corrected chi connectivity index (χ4v) is 2.56. The normalized spacial score (nSPS) is 21.3. The number of amides is 1. The first kappa shape index (κ1) is 17.7. The van der Waals surface area contributed by atoms with Crippen molar-refractivity contribution in [2.75, 3.05) is 13.1 Å². The zero-order chi connectivity index (χ0) is 12.7. The lowest BCUT2D eigenvalue weighted by Gasteiger charge is -2.31. The van der Waals surface area contributed by atoms with Gasteiger partial charge in [-0.2, -0.15) is 0 Å². The van der Waals surface area contributed by atoms with Crippen LogP contribution in [0, 0.1) is 5.92 Å². The highest BCUT2D eigenvalue weighted by Gasteiger charge is 2.22. The number of carbonyl (C=O) groups is 1. The summed E-state index contributed by atoms with van der Waals surface area (Å²) >= 11 is 0. The second-order valence-corrected chi connectivity index (χ2v) is 5.36. The van der Waals surface area contributed by atoms with Crippen LogP contribution in [0.5, 0.6) is 0 Å². The minimum absolute atomic E-state index is 0. The predicted octanol–water partition coefficient (Wildman–Crippen LogP) is 2.96. The van der Waals surface area contributed by atoms with E-state index >= 15 is 0 Å². The van der Waals surface area contributed by atoms with Crippen molar-refractivity contribution < 1.29 is 4.79 Å². The molecule has 2 atom stereocenters. The molecule has 0 aliphatic carbocycles. The van der Waals surface area contributed by atoms with E-state index in [9.17, 15) is 4.79 Å². The molecule has 2 N–H and O–H groups in total. The first-order valence-electron chi connectivity index (χ1n) is 7.20. The van der Waals surface area contributed by atoms with Crippen LogP contribution in [0.1, 0.15) is 58.8 Å². The summed E-state index contributed by atoms with van der Waals surface area (Å²) in [7, 11) is 0. The first-order valence-corrected chi connectivity index (χ1v) is 7.20. The molecule has 0 aromatic rings. The van der Waals surface area contributed by atoms with Crippen molar-refractivity contribution in [3.8, 4) is 0 Å². The van der Waals surface area contributed by atoms with Gasteiger partial charge in [-0.25, -0.2) is 0 Å². The Morgan fingerprint density at radius 3 is 2.72 bits per heavy atom. The average molecular weight is 277 g/mol. The Hall–Kier alpha value is -0.280. The molecule has 108 valence electrons. The van der Waals surface area contributed by atoms with E-state index in [1.165, 1.54) is 19.3 Å². The molecule has 3 nitrogen and oxygen atoms in total. The maximum Gasteiger partial charge on any atom is 0.222 e. The molecule has 0 aromatic carbocycles. The van der Waals surface area contributed by atoms with Crippen LogP contribution >= 0.6 is 12.4 Å². The Labute approximate surface area is 118 Å². The zero-order valence-corrected chi connectivity index (χ0v) is 12.7. The summed E-state index contributed by atoms with van der Waals surface area (Å²) in [5.41, 5.74) is 5.91. The maximum absolute atomic E-state index is 12.1. The van der Waals surface area contributed by atoms with Gasteiger partial charge in [0.25, 0.3) is 0 Å². The molecule has 1 rings (SSSR count). The SMILES string of the molecule is CCCCC(CC)CC(=O)N1CCCC(N)C1.Cl. The minimum Gasteiger partial charge on any atom is -0.341 e. The average Bonchev–Trinajstić information content (AvgIpc) is 2.34. The lowest BCUT2D eigenvalue weighted by molar-refractivity contribution is -0.133. The molecule has 1 aliphatic rings. The van der Waals surface area contributed by atoms with Gasteiger partial charge in [0.1, 0.15) is 0 Å². The number of piperidine rings is 1. The van der Waals surface area contributed by atoms with E-state index in [2.05, 4.69) is 13.8 Å². The number of carbonyl (C=O) groups excluding carboxylic acids is 1. The minimum atomic E-state index is 0. The Morgan fingerprint density at radius 1 is 1.44 bits per heavy atom. The number of hydrogen-bond donors (Lipinski definition) is 1. The third-order valence-electron chi connectivity index (χ3n) is 3.82. The highest BCUT2D eigenvalue weighted by Crippen LogP contribution is 2.19. The van der Waals surface area contributed by atoms with Gasteiger partial charge < -0.3 is 10.6 Å². The lowest BCUT2D eigenvalue weighted by atomic mass is 9.94. The van der Waals surface area contributed by atoms with Crippen LogP contribution in [-0.2, 0) is 4.79 Å². The number of nitrogens with zero attached hydrogens (tertiary/aromatic N) is 1. The van der Waals surface area contributed by atoms with Gasteiger partial charge in [-0.1, -0.05) is 33.1 Å². The molecule has 1 heterocycles. The van der Waals surface area contributed by atoms with Crippen molar-refractivity contribution in [2.24, 2.45) is 11.7 Å². The van der Waals surface area contributed by atoms with E-state index in [4.69, 9.17) is 5.73 Å². The standard InChI is InChI=1S/C14H28N2O.ClH/c1-3-5-7-12(4-2)10-14(17)16-9-6-8-13(15)11-16;/h12-13H,3-11,15H2,1-2H3;1H. The maximum atomic E-state index is 12.1. The third kappa shape index (κ3) is 6.05. The van der Waals surface area contributed by atoms with Crippen LogP contribution in [0.15, 0.2) is 0 Å². The van der Waals surface area contributed by atoms with Crippen molar-refractivity contribution in [3.05, 3.63) is 0 Å². The van der Waals surface area contributed by atoms with E-state index < -0.39 is 0 Å². The molecule has 0 radical (unpaired) electrons. The van der Waals surface area contributed by atoms with E-state index in [1.54, 1.807) is 0 Å². The van der Waals surface area contributed by atoms with Gasteiger partial charge in [0.2, 0.25) is 5.91 Å². The molecule has 0 saturated carbocycles. The van der Waals surface area contributed by atoms with Crippen molar-refractivity contribution in [1.82, 2.24) is 4.90 Å². The monoisotopic (exact) mass is 276 g/mol. The van der Waals surface area contributed by atoms with Gasteiger partial charge in [-0.3, -0.25) is 4.79 Å². The number of hydrogen-bond acceptors (Lipinski definition) is 2.